The van der Waals surface area contributed by atoms with Crippen molar-refractivity contribution in [2.24, 2.45) is 0 Å². The van der Waals surface area contributed by atoms with E-state index in [1.54, 1.807) is 23.1 Å². The summed E-state index contributed by atoms with van der Waals surface area (Å²) in [5.74, 6) is 1.56. The molecule has 1 saturated heterocycles. The number of nitrogens with one attached hydrogen (secondary N) is 1. The van der Waals surface area contributed by atoms with Crippen LogP contribution < -0.4 is 10.1 Å². The van der Waals surface area contributed by atoms with Crippen LogP contribution in [0.5, 0.6) is 5.88 Å². The van der Waals surface area contributed by atoms with Crippen molar-refractivity contribution in [2.75, 3.05) is 18.4 Å². The van der Waals surface area contributed by atoms with Gasteiger partial charge in [0.1, 0.15) is 30.1 Å². The highest BCUT2D eigenvalue weighted by atomic mass is 16.6. The van der Waals surface area contributed by atoms with E-state index >= 15 is 0 Å². The quantitative estimate of drug-likeness (QED) is 0.840. The Morgan fingerprint density at radius 3 is 2.68 bits per heavy atom. The number of carbonyl (C=O) groups excluding carboxylic acids is 1. The van der Waals surface area contributed by atoms with Crippen LogP contribution in [-0.4, -0.2) is 51.2 Å². The number of nitrogens with zero attached hydrogens (tertiary/aromatic N) is 5. The van der Waals surface area contributed by atoms with Gasteiger partial charge in [0.2, 0.25) is 5.88 Å². The summed E-state index contributed by atoms with van der Waals surface area (Å²) in [6.45, 7) is 4.84. The molecule has 1 amide bonds. The summed E-state index contributed by atoms with van der Waals surface area (Å²) in [5, 5.41) is 11.9. The Morgan fingerprint density at radius 2 is 2.04 bits per heavy atom. The summed E-state index contributed by atoms with van der Waals surface area (Å²) < 4.78 is 11.2. The van der Waals surface area contributed by atoms with Crippen molar-refractivity contribution in [3.63, 3.8) is 0 Å². The normalized spacial score (nSPS) is 14.4. The number of amides is 1. The first kappa shape index (κ1) is 19.4. The van der Waals surface area contributed by atoms with Gasteiger partial charge in [-0.2, -0.15) is 5.26 Å². The number of rotatable bonds is 5. The van der Waals surface area contributed by atoms with Gasteiger partial charge in [-0.25, -0.2) is 19.7 Å². The van der Waals surface area contributed by atoms with E-state index in [-0.39, 0.29) is 18.3 Å². The molecule has 3 heterocycles. The van der Waals surface area contributed by atoms with Crippen molar-refractivity contribution < 1.29 is 14.3 Å². The minimum Gasteiger partial charge on any atom is -0.474 e. The van der Waals surface area contributed by atoms with Gasteiger partial charge in [0.15, 0.2) is 0 Å². The Kier molecular flexibility index (Phi) is 6.22. The number of nitriles is 1. The highest BCUT2D eigenvalue weighted by Gasteiger charge is 2.25. The second kappa shape index (κ2) is 8.99. The molecule has 28 heavy (non-hydrogen) atoms. The minimum atomic E-state index is -0.281. The third kappa shape index (κ3) is 5.30. The van der Waals surface area contributed by atoms with Gasteiger partial charge in [-0.1, -0.05) is 0 Å². The lowest BCUT2D eigenvalue weighted by atomic mass is 10.1. The van der Waals surface area contributed by atoms with Crippen molar-refractivity contribution >= 4 is 17.7 Å². The first-order valence-electron chi connectivity index (χ1n) is 9.11. The molecule has 0 unspecified atom stereocenters. The maximum atomic E-state index is 11.9. The van der Waals surface area contributed by atoms with Gasteiger partial charge < -0.3 is 19.7 Å². The van der Waals surface area contributed by atoms with Crippen molar-refractivity contribution in [3.8, 4) is 11.9 Å². The van der Waals surface area contributed by atoms with E-state index in [2.05, 4.69) is 20.3 Å². The van der Waals surface area contributed by atoms with Gasteiger partial charge in [-0.3, -0.25) is 0 Å². The van der Waals surface area contributed by atoms with E-state index in [1.165, 1.54) is 12.5 Å². The van der Waals surface area contributed by atoms with Crippen molar-refractivity contribution in [3.05, 3.63) is 36.3 Å². The number of ether oxygens (including phenoxy) is 2. The van der Waals surface area contributed by atoms with Gasteiger partial charge in [0, 0.05) is 38.2 Å². The van der Waals surface area contributed by atoms with Gasteiger partial charge in [0.05, 0.1) is 11.7 Å². The number of hydrogen-bond acceptors (Lipinski definition) is 8. The first-order chi connectivity index (χ1) is 13.5. The number of carbonyl (C=O) groups is 1. The smallest absolute Gasteiger partial charge is 0.410 e. The summed E-state index contributed by atoms with van der Waals surface area (Å²) in [6.07, 6.45) is 3.87. The highest BCUT2D eigenvalue weighted by Crippen LogP contribution is 2.21. The fraction of sp³-hybridized carbons (Fsp3) is 0.421. The summed E-state index contributed by atoms with van der Waals surface area (Å²) in [6, 6.07) is 7.09. The molecule has 9 heteroatoms. The highest BCUT2D eigenvalue weighted by molar-refractivity contribution is 5.67. The van der Waals surface area contributed by atoms with Crippen LogP contribution in [0.3, 0.4) is 0 Å². The molecule has 0 bridgehead atoms. The molecule has 0 aromatic carbocycles. The lowest BCUT2D eigenvalue weighted by Gasteiger charge is -2.31. The number of likely N-dealkylation sites (tertiary alicyclic amines) is 1. The van der Waals surface area contributed by atoms with E-state index < -0.39 is 0 Å². The Morgan fingerprint density at radius 1 is 1.25 bits per heavy atom. The second-order valence-corrected chi connectivity index (χ2v) is 6.65. The zero-order chi connectivity index (χ0) is 19.9. The summed E-state index contributed by atoms with van der Waals surface area (Å²) in [7, 11) is 0. The van der Waals surface area contributed by atoms with Crippen LogP contribution in [0.4, 0.5) is 16.4 Å². The molecule has 1 fully saturated rings. The molecule has 2 aromatic heterocycles. The molecule has 3 rings (SSSR count). The summed E-state index contributed by atoms with van der Waals surface area (Å²) >= 11 is 0. The molecule has 0 spiro atoms. The number of anilines is 2. The number of hydrogen-bond donors (Lipinski definition) is 1. The summed E-state index contributed by atoms with van der Waals surface area (Å²) in [5.41, 5.74) is 0.487. The average Bonchev–Trinajstić information content (AvgIpc) is 2.69. The molecule has 2 aromatic rings. The van der Waals surface area contributed by atoms with Crippen molar-refractivity contribution in [1.29, 1.82) is 5.26 Å². The molecule has 146 valence electrons. The van der Waals surface area contributed by atoms with E-state index in [0.717, 1.165) is 0 Å². The molecule has 1 aliphatic heterocycles. The topological polar surface area (TPSA) is 113 Å². The number of aromatic nitrogens is 3. The Labute approximate surface area is 163 Å². The monoisotopic (exact) mass is 382 g/mol. The largest absolute Gasteiger partial charge is 0.474 e. The van der Waals surface area contributed by atoms with E-state index in [1.807, 2.05) is 19.9 Å². The lowest BCUT2D eigenvalue weighted by molar-refractivity contribution is 0.0507. The van der Waals surface area contributed by atoms with Crippen molar-refractivity contribution in [1.82, 2.24) is 19.9 Å². The standard InChI is InChI=1S/C19H22N6O3/c1-13(2)27-19(26)25-7-5-15(6-8-25)28-18-9-17(22-12-23-18)24-16-4-3-14(10-20)11-21-16/h3-4,9,11-13,15H,5-8H2,1-2H3,(H,21,22,23,24). The van der Waals surface area contributed by atoms with Gasteiger partial charge in [-0.05, 0) is 26.0 Å². The molecular weight excluding hydrogens is 360 g/mol. The molecule has 0 radical (unpaired) electrons. The summed E-state index contributed by atoms with van der Waals surface area (Å²) in [4.78, 5) is 26.1. The zero-order valence-corrected chi connectivity index (χ0v) is 15.8. The fourth-order valence-corrected chi connectivity index (χ4v) is 2.74. The minimum absolute atomic E-state index is 0.0288. The fourth-order valence-electron chi connectivity index (χ4n) is 2.74. The zero-order valence-electron chi connectivity index (χ0n) is 15.8. The third-order valence-corrected chi connectivity index (χ3v) is 4.11. The first-order valence-corrected chi connectivity index (χ1v) is 9.11. The Balaban J connectivity index is 1.53. The third-order valence-electron chi connectivity index (χ3n) is 4.11. The van der Waals surface area contributed by atoms with Crippen LogP contribution in [0.1, 0.15) is 32.3 Å². The molecule has 0 saturated carbocycles. The van der Waals surface area contributed by atoms with Crippen LogP contribution in [-0.2, 0) is 4.74 Å². The SMILES string of the molecule is CC(C)OC(=O)N1CCC(Oc2cc(Nc3ccc(C#N)cn3)ncn2)CC1. The average molecular weight is 382 g/mol. The van der Waals surface area contributed by atoms with Crippen LogP contribution in [0.25, 0.3) is 0 Å². The molecule has 0 atom stereocenters. The predicted octanol–water partition coefficient (Wildman–Crippen LogP) is 2.88. The van der Waals surface area contributed by atoms with Gasteiger partial charge in [0.25, 0.3) is 0 Å². The van der Waals surface area contributed by atoms with E-state index in [9.17, 15) is 4.79 Å². The second-order valence-electron chi connectivity index (χ2n) is 6.65. The van der Waals surface area contributed by atoms with Crippen LogP contribution >= 0.6 is 0 Å². The van der Waals surface area contributed by atoms with Gasteiger partial charge in [-0.15, -0.1) is 0 Å². The predicted molar refractivity (Wildman–Crippen MR) is 101 cm³/mol. The Bertz CT molecular complexity index is 841. The molecule has 9 nitrogen and oxygen atoms in total. The van der Waals surface area contributed by atoms with Crippen molar-refractivity contribution in [2.45, 2.75) is 38.9 Å². The van der Waals surface area contributed by atoms with Crippen LogP contribution in [0.2, 0.25) is 0 Å². The maximum absolute atomic E-state index is 11.9. The molecule has 0 aliphatic carbocycles. The molecular formula is C19H22N6O3. The number of pyridine rings is 1. The van der Waals surface area contributed by atoms with E-state index in [4.69, 9.17) is 14.7 Å². The number of piperidine rings is 1. The molecule has 1 aliphatic rings. The lowest BCUT2D eigenvalue weighted by Crippen LogP contribution is -2.42. The van der Waals surface area contributed by atoms with E-state index in [0.29, 0.717) is 49.0 Å². The van der Waals surface area contributed by atoms with Crippen LogP contribution in [0.15, 0.2) is 30.7 Å². The maximum Gasteiger partial charge on any atom is 0.410 e. The molecule has 1 N–H and O–H groups in total. The Hall–Kier alpha value is -3.41. The van der Waals surface area contributed by atoms with Crippen LogP contribution in [0, 0.1) is 11.3 Å². The van der Waals surface area contributed by atoms with Gasteiger partial charge >= 0.3 is 6.09 Å².